The fourth-order valence-corrected chi connectivity index (χ4v) is 3.17. The van der Waals surface area contributed by atoms with Crippen molar-refractivity contribution in [2.75, 3.05) is 11.9 Å². The number of para-hydroxylation sites is 1. The Morgan fingerprint density at radius 3 is 2.79 bits per heavy atom. The van der Waals surface area contributed by atoms with Gasteiger partial charge in [-0.25, -0.2) is 4.98 Å². The van der Waals surface area contributed by atoms with Crippen molar-refractivity contribution in [1.29, 1.82) is 0 Å². The van der Waals surface area contributed by atoms with Crippen molar-refractivity contribution in [1.82, 2.24) is 4.98 Å². The van der Waals surface area contributed by atoms with Crippen LogP contribution in [0.4, 0.5) is 5.69 Å². The Morgan fingerprint density at radius 1 is 1.11 bits per heavy atom. The topological polar surface area (TPSA) is 24.9 Å². The van der Waals surface area contributed by atoms with Gasteiger partial charge in [0.15, 0.2) is 0 Å². The molecule has 4 heteroatoms. The summed E-state index contributed by atoms with van der Waals surface area (Å²) < 4.78 is 1.15. The normalized spacial score (nSPS) is 10.8. The number of nitrogens with one attached hydrogen (secondary N) is 1. The molecule has 0 radical (unpaired) electrons. The standard InChI is InChI=1S/C15H13ClN2S/c16-11-6-7-13-14(10-11)19-15(18-13)8-9-17-12-4-2-1-3-5-12/h1-7,10,17H,8-9H2. The van der Waals surface area contributed by atoms with E-state index in [1.54, 1.807) is 11.3 Å². The van der Waals surface area contributed by atoms with Crippen molar-refractivity contribution < 1.29 is 0 Å². The van der Waals surface area contributed by atoms with E-state index < -0.39 is 0 Å². The van der Waals surface area contributed by atoms with Gasteiger partial charge in [0.05, 0.1) is 15.2 Å². The van der Waals surface area contributed by atoms with E-state index in [9.17, 15) is 0 Å². The predicted octanol–water partition coefficient (Wildman–Crippen LogP) is 4.60. The number of rotatable bonds is 4. The van der Waals surface area contributed by atoms with E-state index in [1.165, 1.54) is 0 Å². The zero-order valence-corrected chi connectivity index (χ0v) is 11.8. The molecule has 2 nitrogen and oxygen atoms in total. The fraction of sp³-hybridized carbons (Fsp3) is 0.133. The molecule has 1 aromatic heterocycles. The van der Waals surface area contributed by atoms with Gasteiger partial charge in [0.2, 0.25) is 0 Å². The molecule has 19 heavy (non-hydrogen) atoms. The first-order valence-corrected chi connectivity index (χ1v) is 7.34. The third-order valence-corrected chi connectivity index (χ3v) is 4.15. The Morgan fingerprint density at radius 2 is 1.95 bits per heavy atom. The molecule has 0 aliphatic heterocycles. The molecule has 0 spiro atoms. The summed E-state index contributed by atoms with van der Waals surface area (Å²) in [5.74, 6) is 0. The van der Waals surface area contributed by atoms with Crippen LogP contribution >= 0.6 is 22.9 Å². The van der Waals surface area contributed by atoms with Crippen LogP contribution in [0, 0.1) is 0 Å². The molecule has 3 aromatic rings. The molecule has 0 aliphatic carbocycles. The summed E-state index contributed by atoms with van der Waals surface area (Å²) in [5.41, 5.74) is 2.18. The van der Waals surface area contributed by atoms with Gasteiger partial charge < -0.3 is 5.32 Å². The summed E-state index contributed by atoms with van der Waals surface area (Å²) in [5, 5.41) is 5.30. The van der Waals surface area contributed by atoms with Crippen LogP contribution in [-0.2, 0) is 6.42 Å². The lowest BCUT2D eigenvalue weighted by Crippen LogP contribution is -2.04. The monoisotopic (exact) mass is 288 g/mol. The first-order valence-electron chi connectivity index (χ1n) is 6.15. The van der Waals surface area contributed by atoms with Crippen molar-refractivity contribution in [3.63, 3.8) is 0 Å². The molecule has 1 heterocycles. The maximum absolute atomic E-state index is 5.98. The van der Waals surface area contributed by atoms with Crippen LogP contribution in [0.3, 0.4) is 0 Å². The highest BCUT2D eigenvalue weighted by atomic mass is 35.5. The molecule has 3 rings (SSSR count). The summed E-state index contributed by atoms with van der Waals surface area (Å²) in [4.78, 5) is 4.60. The number of hydrogen-bond donors (Lipinski definition) is 1. The average Bonchev–Trinajstić information content (AvgIpc) is 2.82. The van der Waals surface area contributed by atoms with Crippen LogP contribution in [-0.4, -0.2) is 11.5 Å². The number of nitrogens with zero attached hydrogens (tertiary/aromatic N) is 1. The Kier molecular flexibility index (Phi) is 3.67. The van der Waals surface area contributed by atoms with Crippen LogP contribution in [0.5, 0.6) is 0 Å². The third kappa shape index (κ3) is 3.06. The molecule has 0 fully saturated rings. The summed E-state index contributed by atoms with van der Waals surface area (Å²) in [6.45, 7) is 0.886. The van der Waals surface area contributed by atoms with E-state index in [1.807, 2.05) is 36.4 Å². The summed E-state index contributed by atoms with van der Waals surface area (Å²) in [6, 6.07) is 16.0. The minimum Gasteiger partial charge on any atom is -0.385 e. The highest BCUT2D eigenvalue weighted by Gasteiger charge is 2.04. The van der Waals surface area contributed by atoms with E-state index in [0.29, 0.717) is 0 Å². The number of benzene rings is 2. The van der Waals surface area contributed by atoms with E-state index in [4.69, 9.17) is 11.6 Å². The van der Waals surface area contributed by atoms with Gasteiger partial charge in [-0.2, -0.15) is 0 Å². The maximum atomic E-state index is 5.98. The summed E-state index contributed by atoms with van der Waals surface area (Å²) in [7, 11) is 0. The SMILES string of the molecule is Clc1ccc2nc(CCNc3ccccc3)sc2c1. The molecule has 2 aromatic carbocycles. The van der Waals surface area contributed by atoms with Gasteiger partial charge in [0, 0.05) is 23.7 Å². The van der Waals surface area contributed by atoms with E-state index in [0.717, 1.165) is 38.9 Å². The zero-order chi connectivity index (χ0) is 13.1. The number of aromatic nitrogens is 1. The number of hydrogen-bond acceptors (Lipinski definition) is 3. The Balaban J connectivity index is 1.65. The van der Waals surface area contributed by atoms with E-state index >= 15 is 0 Å². The predicted molar refractivity (Wildman–Crippen MR) is 83.3 cm³/mol. The smallest absolute Gasteiger partial charge is 0.0956 e. The lowest BCUT2D eigenvalue weighted by molar-refractivity contribution is 1.00. The lowest BCUT2D eigenvalue weighted by atomic mass is 10.3. The molecule has 0 bridgehead atoms. The largest absolute Gasteiger partial charge is 0.385 e. The van der Waals surface area contributed by atoms with Crippen LogP contribution in [0.2, 0.25) is 5.02 Å². The number of anilines is 1. The minimum absolute atomic E-state index is 0.769. The van der Waals surface area contributed by atoms with Crippen molar-refractivity contribution in [2.45, 2.75) is 6.42 Å². The second-order valence-corrected chi connectivity index (χ2v) is 5.81. The first kappa shape index (κ1) is 12.5. The van der Waals surface area contributed by atoms with Crippen LogP contribution in [0.25, 0.3) is 10.2 Å². The van der Waals surface area contributed by atoms with Crippen LogP contribution < -0.4 is 5.32 Å². The van der Waals surface area contributed by atoms with Crippen molar-refractivity contribution in [3.8, 4) is 0 Å². The Labute approximate surface area is 121 Å². The van der Waals surface area contributed by atoms with Gasteiger partial charge in [-0.1, -0.05) is 29.8 Å². The number of fused-ring (bicyclic) bond motifs is 1. The highest BCUT2D eigenvalue weighted by molar-refractivity contribution is 7.18. The Hall–Kier alpha value is -1.58. The minimum atomic E-state index is 0.769. The summed E-state index contributed by atoms with van der Waals surface area (Å²) >= 11 is 7.69. The van der Waals surface area contributed by atoms with Crippen molar-refractivity contribution in [3.05, 3.63) is 58.6 Å². The molecule has 0 amide bonds. The summed E-state index contributed by atoms with van der Waals surface area (Å²) in [6.07, 6.45) is 0.922. The molecule has 96 valence electrons. The van der Waals surface area contributed by atoms with Gasteiger partial charge in [-0.05, 0) is 30.3 Å². The van der Waals surface area contributed by atoms with Gasteiger partial charge in [-0.15, -0.1) is 11.3 Å². The fourth-order valence-electron chi connectivity index (χ4n) is 1.92. The van der Waals surface area contributed by atoms with E-state index in [-0.39, 0.29) is 0 Å². The van der Waals surface area contributed by atoms with Gasteiger partial charge in [-0.3, -0.25) is 0 Å². The molecule has 0 unspecified atom stereocenters. The molecular formula is C15H13ClN2S. The van der Waals surface area contributed by atoms with Gasteiger partial charge >= 0.3 is 0 Å². The first-order chi connectivity index (χ1) is 9.31. The number of halogens is 1. The molecule has 0 saturated carbocycles. The lowest BCUT2D eigenvalue weighted by Gasteiger charge is -2.03. The second-order valence-electron chi connectivity index (χ2n) is 4.26. The average molecular weight is 289 g/mol. The number of thiazole rings is 1. The molecular weight excluding hydrogens is 276 g/mol. The molecule has 1 N–H and O–H groups in total. The second kappa shape index (κ2) is 5.59. The Bertz CT molecular complexity index is 679. The van der Waals surface area contributed by atoms with Crippen molar-refractivity contribution >= 4 is 38.8 Å². The molecule has 0 saturated heterocycles. The van der Waals surface area contributed by atoms with Crippen molar-refractivity contribution in [2.24, 2.45) is 0 Å². The van der Waals surface area contributed by atoms with Gasteiger partial charge in [0.1, 0.15) is 0 Å². The van der Waals surface area contributed by atoms with E-state index in [2.05, 4.69) is 22.4 Å². The third-order valence-electron chi connectivity index (χ3n) is 2.84. The molecule has 0 aliphatic rings. The van der Waals surface area contributed by atoms with Gasteiger partial charge in [0.25, 0.3) is 0 Å². The maximum Gasteiger partial charge on any atom is 0.0956 e. The molecule has 0 atom stereocenters. The van der Waals surface area contributed by atoms with Crippen LogP contribution in [0.15, 0.2) is 48.5 Å². The quantitative estimate of drug-likeness (QED) is 0.759. The zero-order valence-electron chi connectivity index (χ0n) is 10.3. The highest BCUT2D eigenvalue weighted by Crippen LogP contribution is 2.25. The van der Waals surface area contributed by atoms with Crippen LogP contribution in [0.1, 0.15) is 5.01 Å².